The Balaban J connectivity index is 2.28. The third-order valence-electron chi connectivity index (χ3n) is 3.87. The van der Waals surface area contributed by atoms with Crippen molar-refractivity contribution in [3.8, 4) is 0 Å². The van der Waals surface area contributed by atoms with Crippen LogP contribution in [-0.2, 0) is 4.79 Å². The number of likely N-dealkylation sites (tertiary alicyclic amines) is 1. The van der Waals surface area contributed by atoms with E-state index in [-0.39, 0.29) is 16.6 Å². The fourth-order valence-corrected chi connectivity index (χ4v) is 2.80. The van der Waals surface area contributed by atoms with Crippen molar-refractivity contribution in [2.24, 2.45) is 5.92 Å². The first-order chi connectivity index (χ1) is 9.93. The summed E-state index contributed by atoms with van der Waals surface area (Å²) in [7, 11) is 0. The van der Waals surface area contributed by atoms with Crippen LogP contribution in [0.1, 0.15) is 36.5 Å². The van der Waals surface area contributed by atoms with Gasteiger partial charge in [-0.1, -0.05) is 24.9 Å². The van der Waals surface area contributed by atoms with Crippen LogP contribution in [0.25, 0.3) is 0 Å². The second-order valence-electron chi connectivity index (χ2n) is 5.14. The third-order valence-corrected chi connectivity index (χ3v) is 4.17. The van der Waals surface area contributed by atoms with Gasteiger partial charge in [-0.2, -0.15) is 0 Å². The molecule has 1 aromatic heterocycles. The van der Waals surface area contributed by atoms with E-state index in [2.05, 4.69) is 4.98 Å². The van der Waals surface area contributed by atoms with Crippen molar-refractivity contribution >= 4 is 23.5 Å². The Kier molecular flexibility index (Phi) is 4.77. The topological polar surface area (TPSA) is 70.5 Å². The van der Waals surface area contributed by atoms with E-state index in [1.165, 1.54) is 4.90 Å². The van der Waals surface area contributed by atoms with Crippen LogP contribution in [0.3, 0.4) is 0 Å². The van der Waals surface area contributed by atoms with Crippen molar-refractivity contribution < 1.29 is 19.1 Å². The molecular formula is C14H16ClFN2O3. The molecule has 1 aliphatic rings. The van der Waals surface area contributed by atoms with E-state index in [0.717, 1.165) is 25.1 Å². The number of carboxylic acid groups (broad SMARTS) is 1. The number of hydrogen-bond donors (Lipinski definition) is 1. The Bertz CT molecular complexity index is 567. The number of aliphatic carboxylic acids is 1. The summed E-state index contributed by atoms with van der Waals surface area (Å²) in [6.07, 6.45) is 2.91. The second-order valence-corrected chi connectivity index (χ2v) is 5.50. The zero-order valence-electron chi connectivity index (χ0n) is 11.6. The Morgan fingerprint density at radius 3 is 2.90 bits per heavy atom. The molecule has 0 radical (unpaired) electrons. The molecule has 2 atom stereocenters. The van der Waals surface area contributed by atoms with Crippen LogP contribution in [0.2, 0.25) is 5.15 Å². The summed E-state index contributed by atoms with van der Waals surface area (Å²) < 4.78 is 13.2. The number of carboxylic acids is 1. The molecule has 0 saturated carbocycles. The number of aromatic nitrogens is 1. The van der Waals surface area contributed by atoms with Gasteiger partial charge in [0, 0.05) is 6.54 Å². The van der Waals surface area contributed by atoms with Gasteiger partial charge in [0.1, 0.15) is 17.0 Å². The molecule has 1 aliphatic heterocycles. The number of rotatable bonds is 3. The lowest BCUT2D eigenvalue weighted by Gasteiger charge is -2.37. The van der Waals surface area contributed by atoms with Crippen molar-refractivity contribution in [1.82, 2.24) is 9.88 Å². The molecule has 7 heteroatoms. The van der Waals surface area contributed by atoms with E-state index in [0.29, 0.717) is 13.0 Å². The molecule has 2 unspecified atom stereocenters. The van der Waals surface area contributed by atoms with E-state index < -0.39 is 23.7 Å². The standard InChI is InChI=1S/C14H16ClFN2O3/c1-2-8-3-4-18(11(5-8)14(20)21)13(19)10-6-9(16)7-17-12(10)15/h6-8,11H,2-5H2,1H3,(H,20,21). The lowest BCUT2D eigenvalue weighted by molar-refractivity contribution is -0.144. The van der Waals surface area contributed by atoms with Crippen LogP contribution in [0.15, 0.2) is 12.3 Å². The van der Waals surface area contributed by atoms with Crippen LogP contribution < -0.4 is 0 Å². The van der Waals surface area contributed by atoms with Crippen LogP contribution in [0.5, 0.6) is 0 Å². The van der Waals surface area contributed by atoms with E-state index in [1.54, 1.807) is 0 Å². The predicted molar refractivity (Wildman–Crippen MR) is 74.7 cm³/mol. The summed E-state index contributed by atoms with van der Waals surface area (Å²) in [5, 5.41) is 9.20. The van der Waals surface area contributed by atoms with Crippen molar-refractivity contribution in [1.29, 1.82) is 0 Å². The van der Waals surface area contributed by atoms with Crippen molar-refractivity contribution in [2.75, 3.05) is 6.54 Å². The van der Waals surface area contributed by atoms with Crippen molar-refractivity contribution in [2.45, 2.75) is 32.2 Å². The van der Waals surface area contributed by atoms with E-state index >= 15 is 0 Å². The molecule has 0 bridgehead atoms. The summed E-state index contributed by atoms with van der Waals surface area (Å²) in [5.74, 6) is -2.05. The lowest BCUT2D eigenvalue weighted by Crippen LogP contribution is -2.50. The van der Waals surface area contributed by atoms with Gasteiger partial charge >= 0.3 is 5.97 Å². The van der Waals surface area contributed by atoms with E-state index in [9.17, 15) is 19.1 Å². The molecule has 0 aromatic carbocycles. The summed E-state index contributed by atoms with van der Waals surface area (Å²) in [4.78, 5) is 28.7. The molecule has 1 aromatic rings. The molecule has 5 nitrogen and oxygen atoms in total. The molecular weight excluding hydrogens is 299 g/mol. The molecule has 1 N–H and O–H groups in total. The van der Waals surface area contributed by atoms with Crippen LogP contribution in [-0.4, -0.2) is 39.5 Å². The first-order valence-electron chi connectivity index (χ1n) is 6.78. The van der Waals surface area contributed by atoms with E-state index in [4.69, 9.17) is 11.6 Å². The van der Waals surface area contributed by atoms with Gasteiger partial charge < -0.3 is 10.0 Å². The Morgan fingerprint density at radius 2 is 2.29 bits per heavy atom. The largest absolute Gasteiger partial charge is 0.480 e. The van der Waals surface area contributed by atoms with Gasteiger partial charge in [-0.05, 0) is 24.8 Å². The highest BCUT2D eigenvalue weighted by atomic mass is 35.5. The number of carbonyl (C=O) groups excluding carboxylic acids is 1. The lowest BCUT2D eigenvalue weighted by atomic mass is 9.88. The molecule has 1 amide bonds. The van der Waals surface area contributed by atoms with Gasteiger partial charge in [0.05, 0.1) is 11.8 Å². The number of hydrogen-bond acceptors (Lipinski definition) is 3. The summed E-state index contributed by atoms with van der Waals surface area (Å²) in [6.45, 7) is 2.32. The Morgan fingerprint density at radius 1 is 1.57 bits per heavy atom. The number of amides is 1. The smallest absolute Gasteiger partial charge is 0.326 e. The minimum Gasteiger partial charge on any atom is -0.480 e. The maximum absolute atomic E-state index is 13.2. The second kappa shape index (κ2) is 6.39. The highest BCUT2D eigenvalue weighted by Crippen LogP contribution is 2.28. The number of carbonyl (C=O) groups is 2. The van der Waals surface area contributed by atoms with Crippen LogP contribution >= 0.6 is 11.6 Å². The molecule has 114 valence electrons. The average molecular weight is 315 g/mol. The van der Waals surface area contributed by atoms with Gasteiger partial charge in [-0.15, -0.1) is 0 Å². The molecule has 0 spiro atoms. The summed E-state index contributed by atoms with van der Waals surface area (Å²) >= 11 is 5.82. The zero-order valence-corrected chi connectivity index (χ0v) is 12.3. The average Bonchev–Trinajstić information content (AvgIpc) is 2.48. The maximum Gasteiger partial charge on any atom is 0.326 e. The summed E-state index contributed by atoms with van der Waals surface area (Å²) in [6, 6.07) is 0.0817. The first kappa shape index (κ1) is 15.7. The van der Waals surface area contributed by atoms with Crippen LogP contribution in [0, 0.1) is 11.7 Å². The van der Waals surface area contributed by atoms with Crippen molar-refractivity contribution in [3.63, 3.8) is 0 Å². The highest BCUT2D eigenvalue weighted by Gasteiger charge is 2.36. The molecule has 0 aliphatic carbocycles. The maximum atomic E-state index is 13.2. The molecule has 1 saturated heterocycles. The van der Waals surface area contributed by atoms with Crippen molar-refractivity contribution in [3.05, 3.63) is 28.8 Å². The normalized spacial score (nSPS) is 22.1. The number of pyridine rings is 1. The minimum absolute atomic E-state index is 0.0992. The summed E-state index contributed by atoms with van der Waals surface area (Å²) in [5.41, 5.74) is -0.0992. The zero-order chi connectivity index (χ0) is 15.6. The quantitative estimate of drug-likeness (QED) is 0.871. The molecule has 21 heavy (non-hydrogen) atoms. The highest BCUT2D eigenvalue weighted by molar-refractivity contribution is 6.32. The Labute approximate surface area is 126 Å². The Hall–Kier alpha value is -1.69. The monoisotopic (exact) mass is 314 g/mol. The predicted octanol–water partition coefficient (Wildman–Crippen LogP) is 2.59. The van der Waals surface area contributed by atoms with Crippen LogP contribution in [0.4, 0.5) is 4.39 Å². The van der Waals surface area contributed by atoms with E-state index in [1.807, 2.05) is 6.92 Å². The SMILES string of the molecule is CCC1CCN(C(=O)c2cc(F)cnc2Cl)C(C(=O)O)C1. The fourth-order valence-electron chi connectivity index (χ4n) is 2.61. The first-order valence-corrected chi connectivity index (χ1v) is 7.16. The minimum atomic E-state index is -1.05. The van der Waals surface area contributed by atoms with Gasteiger partial charge in [0.2, 0.25) is 0 Å². The van der Waals surface area contributed by atoms with Gasteiger partial charge in [0.25, 0.3) is 5.91 Å². The molecule has 2 heterocycles. The number of halogens is 2. The molecule has 1 fully saturated rings. The third kappa shape index (κ3) is 3.32. The number of nitrogens with zero attached hydrogens (tertiary/aromatic N) is 2. The van der Waals surface area contributed by atoms with Gasteiger partial charge in [-0.25, -0.2) is 14.2 Å². The fraction of sp³-hybridized carbons (Fsp3) is 0.500. The van der Waals surface area contributed by atoms with Gasteiger partial charge in [-0.3, -0.25) is 4.79 Å². The van der Waals surface area contributed by atoms with Gasteiger partial charge in [0.15, 0.2) is 0 Å². The number of piperidine rings is 1. The molecule has 2 rings (SSSR count).